The van der Waals surface area contributed by atoms with Crippen molar-refractivity contribution >= 4 is 52.1 Å². The first-order valence-electron chi connectivity index (χ1n) is 26.6. The molecule has 0 radical (unpaired) electrons. The van der Waals surface area contributed by atoms with Crippen molar-refractivity contribution < 1.29 is 37.4 Å². The van der Waals surface area contributed by atoms with E-state index in [1.54, 1.807) is 4.90 Å². The number of amides is 5. The molecule has 6 aliphatic rings. The van der Waals surface area contributed by atoms with Crippen LogP contribution < -0.4 is 30.7 Å². The Hall–Kier alpha value is -6.10. The zero-order chi connectivity index (χ0) is 51.4. The van der Waals surface area contributed by atoms with Gasteiger partial charge in [0.05, 0.1) is 22.7 Å². The summed E-state index contributed by atoms with van der Waals surface area (Å²) in [6, 6.07) is 19.9. The molecule has 5 amide bonds. The molecule has 17 heteroatoms. The Kier molecular flexibility index (Phi) is 13.9. The quantitative estimate of drug-likeness (QED) is 0.0984. The van der Waals surface area contributed by atoms with E-state index in [4.69, 9.17) is 26.8 Å². The number of carbonyl (C=O) groups is 4. The molecule has 11 rings (SSSR count). The number of anilines is 1. The normalized spacial score (nSPS) is 24.0. The number of primary amides is 1. The fraction of sp³-hybridized carbons (Fsp3) is 0.491. The first-order chi connectivity index (χ1) is 35.8. The van der Waals surface area contributed by atoms with Gasteiger partial charge >= 0.3 is 6.03 Å². The Bertz CT molecular complexity index is 2980. The van der Waals surface area contributed by atoms with Gasteiger partial charge in [-0.05, 0) is 130 Å². The molecule has 0 bridgehead atoms. The van der Waals surface area contributed by atoms with Gasteiger partial charge in [-0.3, -0.25) is 29.3 Å². The summed E-state index contributed by atoms with van der Waals surface area (Å²) in [6.45, 7) is 7.60. The van der Waals surface area contributed by atoms with Crippen molar-refractivity contribution in [2.24, 2.45) is 30.5 Å². The zero-order valence-electron chi connectivity index (χ0n) is 42.1. The Morgan fingerprint density at radius 1 is 0.892 bits per heavy atom. The fourth-order valence-corrected chi connectivity index (χ4v) is 12.8. The van der Waals surface area contributed by atoms with Crippen LogP contribution in [0.2, 0.25) is 5.02 Å². The van der Waals surface area contributed by atoms with Crippen molar-refractivity contribution in [3.8, 4) is 22.6 Å². The van der Waals surface area contributed by atoms with Crippen LogP contribution in [0.4, 0.5) is 19.4 Å². The molecular formula is C57H65ClF2N8O6. The largest absolute Gasteiger partial charge is 0.490 e. The molecule has 0 unspecified atom stereocenters. The number of fused-ring (bicyclic) bond motifs is 2. The molecule has 4 aliphatic heterocycles. The molecule has 5 fully saturated rings. The molecule has 4 aromatic carbocycles. The van der Waals surface area contributed by atoms with E-state index in [-0.39, 0.29) is 63.4 Å². The van der Waals surface area contributed by atoms with Crippen molar-refractivity contribution in [2.45, 2.75) is 101 Å². The fourth-order valence-electron chi connectivity index (χ4n) is 12.5. The van der Waals surface area contributed by atoms with Gasteiger partial charge in [0.25, 0.3) is 0 Å². The number of rotatable bonds is 14. The molecule has 2 saturated carbocycles. The molecule has 5 heterocycles. The molecule has 2 aliphatic carbocycles. The van der Waals surface area contributed by atoms with Crippen molar-refractivity contribution in [1.29, 1.82) is 0 Å². The van der Waals surface area contributed by atoms with Crippen molar-refractivity contribution in [3.63, 3.8) is 0 Å². The lowest BCUT2D eigenvalue weighted by atomic mass is 9.77. The van der Waals surface area contributed by atoms with Crippen LogP contribution in [-0.4, -0.2) is 102 Å². The van der Waals surface area contributed by atoms with Gasteiger partial charge in [-0.25, -0.2) is 13.6 Å². The first kappa shape index (κ1) is 50.1. The van der Waals surface area contributed by atoms with Crippen LogP contribution in [0.15, 0.2) is 66.7 Å². The summed E-state index contributed by atoms with van der Waals surface area (Å²) < 4.78 is 47.2. The first-order valence-corrected chi connectivity index (χ1v) is 27.0. The van der Waals surface area contributed by atoms with Crippen LogP contribution in [-0.2, 0) is 22.2 Å². The van der Waals surface area contributed by atoms with Crippen molar-refractivity contribution in [1.82, 2.24) is 30.2 Å². The lowest BCUT2D eigenvalue weighted by Crippen LogP contribution is -2.49. The molecule has 0 spiro atoms. The van der Waals surface area contributed by atoms with Gasteiger partial charge in [-0.1, -0.05) is 54.9 Å². The molecule has 4 N–H and O–H groups in total. The van der Waals surface area contributed by atoms with E-state index < -0.39 is 35.1 Å². The number of hydrogen-bond acceptors (Lipinski definition) is 9. The molecular weight excluding hydrogens is 966 g/mol. The summed E-state index contributed by atoms with van der Waals surface area (Å²) in [5.41, 5.74) is 8.04. The highest BCUT2D eigenvalue weighted by Crippen LogP contribution is 2.57. The lowest BCUT2D eigenvalue weighted by Gasteiger charge is -2.40. The second-order valence-electron chi connectivity index (χ2n) is 21.7. The Morgan fingerprint density at radius 2 is 1.64 bits per heavy atom. The minimum Gasteiger partial charge on any atom is -0.490 e. The van der Waals surface area contributed by atoms with E-state index in [0.717, 1.165) is 113 Å². The number of aromatic nitrogens is 2. The van der Waals surface area contributed by atoms with E-state index in [9.17, 15) is 19.2 Å². The van der Waals surface area contributed by atoms with Gasteiger partial charge in [0.1, 0.15) is 11.6 Å². The number of nitrogens with zero attached hydrogens (tertiary/aromatic N) is 5. The summed E-state index contributed by atoms with van der Waals surface area (Å²) in [4.78, 5) is 57.5. The minimum absolute atomic E-state index is 0.0273. The summed E-state index contributed by atoms with van der Waals surface area (Å²) >= 11 is 6.80. The molecule has 390 valence electrons. The molecule has 5 aromatic rings. The lowest BCUT2D eigenvalue weighted by molar-refractivity contribution is -0.138. The average Bonchev–Trinajstić information content (AvgIpc) is 4.13. The predicted molar refractivity (Wildman–Crippen MR) is 278 cm³/mol. The Labute approximate surface area is 435 Å². The van der Waals surface area contributed by atoms with Crippen LogP contribution in [0.1, 0.15) is 116 Å². The third-order valence-electron chi connectivity index (χ3n) is 17.1. The van der Waals surface area contributed by atoms with Gasteiger partial charge in [0, 0.05) is 92.2 Å². The van der Waals surface area contributed by atoms with Crippen LogP contribution in [0.5, 0.6) is 11.5 Å². The summed E-state index contributed by atoms with van der Waals surface area (Å²) in [5.74, 6) is -1.00. The van der Waals surface area contributed by atoms with E-state index >= 15 is 8.78 Å². The van der Waals surface area contributed by atoms with Gasteiger partial charge < -0.3 is 30.3 Å². The standard InChI is InChI=1S/C57H65ClF2N8O6/c1-33-48-46(29-43(59)51(58)50(48)49-42(53(61)70)16-17-45(52(49)60)73-31-35-8-9-35)74-57(33,39-6-4-3-5-7-39)32-62-40-13-10-37(11-14-40)55(71)67-25-18-34(19-26-67)30-66-23-20-36(21-24-66)38-12-15-41-44(28-38)65(2)64-54(41)68-27-22-47(69)63-56(68)72/h3-7,12,15-17,28-29,33-37,40,62H,8-11,13-14,18-27,30-32H2,1-2H3,(H2,61,70)(H,63,69,72)/t33-,37?,40?,57-/m0/s1. The second-order valence-corrected chi connectivity index (χ2v) is 22.1. The number of nitrogens with two attached hydrogens (primary N) is 1. The molecule has 1 aromatic heterocycles. The number of hydrogen-bond donors (Lipinski definition) is 3. The van der Waals surface area contributed by atoms with Crippen LogP contribution in [0.3, 0.4) is 0 Å². The summed E-state index contributed by atoms with van der Waals surface area (Å²) in [6.07, 6.45) is 9.53. The number of nitrogens with one attached hydrogen (secondary N) is 2. The highest BCUT2D eigenvalue weighted by molar-refractivity contribution is 6.34. The van der Waals surface area contributed by atoms with Crippen LogP contribution in [0.25, 0.3) is 22.0 Å². The van der Waals surface area contributed by atoms with Crippen LogP contribution >= 0.6 is 11.6 Å². The van der Waals surface area contributed by atoms with Gasteiger partial charge in [0.2, 0.25) is 17.7 Å². The highest BCUT2D eigenvalue weighted by Gasteiger charge is 2.50. The van der Waals surface area contributed by atoms with Crippen LogP contribution in [0, 0.1) is 29.4 Å². The summed E-state index contributed by atoms with van der Waals surface area (Å²) in [7, 11) is 1.90. The highest BCUT2D eigenvalue weighted by atomic mass is 35.5. The number of piperidine rings is 2. The molecule has 2 atom stereocenters. The van der Waals surface area contributed by atoms with Crippen molar-refractivity contribution in [2.75, 3.05) is 57.3 Å². The maximum atomic E-state index is 16.7. The number of carbonyl (C=O) groups excluding carboxylic acids is 4. The SMILES string of the molecule is C[C@H]1c2c(cc(F)c(Cl)c2-c2c(C(N)=O)ccc(OCC3CC3)c2F)O[C@]1(CNC1CCC(C(=O)N2CCC(CN3CCC(c4ccc5c(N6CCC(=O)NC6=O)nn(C)c5c4)CC3)CC2)CC1)c1ccccc1. The average molecular weight is 1030 g/mol. The van der Waals surface area contributed by atoms with Gasteiger partial charge in [-0.15, -0.1) is 0 Å². The third-order valence-corrected chi connectivity index (χ3v) is 17.5. The maximum absolute atomic E-state index is 16.7. The maximum Gasteiger partial charge on any atom is 0.329 e. The number of urea groups is 1. The number of likely N-dealkylation sites (tertiary alicyclic amines) is 2. The molecule has 74 heavy (non-hydrogen) atoms. The van der Waals surface area contributed by atoms with Crippen molar-refractivity contribution in [3.05, 3.63) is 106 Å². The topological polar surface area (TPSA) is 164 Å². The summed E-state index contributed by atoms with van der Waals surface area (Å²) in [5, 5.41) is 11.4. The van der Waals surface area contributed by atoms with E-state index in [1.807, 2.05) is 49.0 Å². The number of aryl methyl sites for hydroxylation is 1. The minimum atomic E-state index is -1.06. The number of halogens is 3. The monoisotopic (exact) mass is 1030 g/mol. The number of ether oxygens (including phenoxy) is 2. The van der Waals surface area contributed by atoms with Gasteiger partial charge in [-0.2, -0.15) is 5.10 Å². The Balaban J connectivity index is 0.687. The predicted octanol–water partition coefficient (Wildman–Crippen LogP) is 9.16. The second kappa shape index (κ2) is 20.6. The molecule has 3 saturated heterocycles. The van der Waals surface area contributed by atoms with E-state index in [2.05, 4.69) is 43.7 Å². The number of imide groups is 1. The van der Waals surface area contributed by atoms with E-state index in [0.29, 0.717) is 48.8 Å². The zero-order valence-corrected chi connectivity index (χ0v) is 42.9. The third kappa shape index (κ3) is 9.62. The van der Waals surface area contributed by atoms with Gasteiger partial charge in [0.15, 0.2) is 23.0 Å². The smallest absolute Gasteiger partial charge is 0.329 e. The Morgan fingerprint density at radius 3 is 2.34 bits per heavy atom. The number of benzene rings is 4. The van der Waals surface area contributed by atoms with E-state index in [1.165, 1.54) is 23.8 Å². The molecule has 14 nitrogen and oxygen atoms in total.